The number of nitrogen functional groups attached to an aromatic ring is 2. The summed E-state index contributed by atoms with van der Waals surface area (Å²) in [4.78, 5) is 5.75. The van der Waals surface area contributed by atoms with Crippen LogP contribution in [-0.2, 0) is 10.4 Å². The molecule has 2 aromatic heterocycles. The molecular formula is C12H20N4O5S. The molecule has 0 fully saturated rings. The molecule has 0 aliphatic heterocycles. The smallest absolute Gasteiger partial charge is 0.272 e. The lowest BCUT2D eigenvalue weighted by Crippen LogP contribution is -2.09. The number of hydrogen-bond acceptors (Lipinski definition) is 6. The number of aromatic amines is 2. The van der Waals surface area contributed by atoms with Gasteiger partial charge in [-0.25, -0.2) is 9.97 Å². The molecule has 2 aromatic rings. The number of pyridine rings is 2. The molecule has 0 saturated carbocycles. The molecule has 8 N–H and O–H groups in total. The third-order valence-electron chi connectivity index (χ3n) is 2.10. The molecule has 2 rings (SSSR count). The standard InChI is InChI=1S/2C6H8N2.H2O4S.H2O/c1-5-2-3-6(7)8-4-5;1-5-3-2-4-8-6(5)7;1-5(2,3)4;/h2*2-4H,1H3,(H2,7,8);(H2,1,2,3,4);1H2. The van der Waals surface area contributed by atoms with Crippen LogP contribution in [0.2, 0.25) is 0 Å². The molecular weight excluding hydrogens is 312 g/mol. The van der Waals surface area contributed by atoms with E-state index in [2.05, 4.69) is 9.97 Å². The molecule has 0 spiro atoms. The van der Waals surface area contributed by atoms with Gasteiger partial charge in [0.05, 0.1) is 12.4 Å². The fourth-order valence-corrected chi connectivity index (χ4v) is 1.05. The molecule has 0 saturated heterocycles. The summed E-state index contributed by atoms with van der Waals surface area (Å²) >= 11 is 0. The van der Waals surface area contributed by atoms with Crippen molar-refractivity contribution in [3.05, 3.63) is 47.8 Å². The number of aryl methyl sites for hydroxylation is 2. The van der Waals surface area contributed by atoms with Crippen molar-refractivity contribution in [2.24, 2.45) is 0 Å². The first-order chi connectivity index (χ1) is 9.59. The van der Waals surface area contributed by atoms with E-state index < -0.39 is 10.4 Å². The Labute approximate surface area is 128 Å². The minimum absolute atomic E-state index is 0. The Hall–Kier alpha value is -2.27. The van der Waals surface area contributed by atoms with Crippen LogP contribution in [0.4, 0.5) is 11.6 Å². The highest BCUT2D eigenvalue weighted by Gasteiger charge is 1.92. The van der Waals surface area contributed by atoms with Gasteiger partial charge in [-0.1, -0.05) is 0 Å². The SMILES string of the molecule is Cc1ccc(N)[nH+]c1.Cc1ccc[nH+]c1N.O.O=S(=O)([O-])[O-]. The average molecular weight is 332 g/mol. The summed E-state index contributed by atoms with van der Waals surface area (Å²) < 4.78 is 34.1. The molecule has 0 aromatic carbocycles. The lowest BCUT2D eigenvalue weighted by molar-refractivity contribution is -0.361. The summed E-state index contributed by atoms with van der Waals surface area (Å²) in [5.41, 5.74) is 13.1. The molecule has 0 bridgehead atoms. The zero-order valence-corrected chi connectivity index (χ0v) is 13.0. The Balaban J connectivity index is 0. The molecule has 9 nitrogen and oxygen atoms in total. The predicted octanol–water partition coefficient (Wildman–Crippen LogP) is -1.38. The van der Waals surface area contributed by atoms with Gasteiger partial charge in [0.2, 0.25) is 0 Å². The second kappa shape index (κ2) is 10.5. The number of anilines is 2. The van der Waals surface area contributed by atoms with Crippen LogP contribution < -0.4 is 21.4 Å². The Morgan fingerprint density at radius 3 is 1.86 bits per heavy atom. The van der Waals surface area contributed by atoms with Crippen LogP contribution in [0.15, 0.2) is 36.7 Å². The second-order valence-corrected chi connectivity index (χ2v) is 4.81. The lowest BCUT2D eigenvalue weighted by Gasteiger charge is -2.06. The number of nitrogens with one attached hydrogen (secondary N) is 2. The number of rotatable bonds is 0. The van der Waals surface area contributed by atoms with Gasteiger partial charge >= 0.3 is 0 Å². The summed E-state index contributed by atoms with van der Waals surface area (Å²) in [6, 6.07) is 7.69. The summed E-state index contributed by atoms with van der Waals surface area (Å²) in [5.74, 6) is 1.45. The first-order valence-corrected chi connectivity index (χ1v) is 7.06. The van der Waals surface area contributed by atoms with Crippen molar-refractivity contribution in [3.8, 4) is 0 Å². The molecule has 10 heteroatoms. The first-order valence-electron chi connectivity index (χ1n) is 5.73. The van der Waals surface area contributed by atoms with E-state index in [1.165, 1.54) is 5.56 Å². The van der Waals surface area contributed by atoms with Gasteiger partial charge in [-0.2, -0.15) is 0 Å². The molecule has 0 atom stereocenters. The van der Waals surface area contributed by atoms with Crippen molar-refractivity contribution in [1.82, 2.24) is 0 Å². The van der Waals surface area contributed by atoms with E-state index >= 15 is 0 Å². The van der Waals surface area contributed by atoms with E-state index in [1.54, 1.807) is 0 Å². The van der Waals surface area contributed by atoms with Gasteiger partial charge in [0.15, 0.2) is 0 Å². The molecule has 22 heavy (non-hydrogen) atoms. The molecule has 0 unspecified atom stereocenters. The number of nitrogens with two attached hydrogens (primary N) is 2. The maximum Gasteiger partial charge on any atom is 0.272 e. The topological polar surface area (TPSA) is 192 Å². The normalized spacial score (nSPS) is 9.27. The van der Waals surface area contributed by atoms with Gasteiger partial charge in [0.25, 0.3) is 11.6 Å². The van der Waals surface area contributed by atoms with Gasteiger partial charge in [-0.05, 0) is 37.6 Å². The minimum atomic E-state index is -5.17. The number of H-pyrrole nitrogens is 2. The van der Waals surface area contributed by atoms with Crippen LogP contribution in [0.5, 0.6) is 0 Å². The molecule has 0 amide bonds. The van der Waals surface area contributed by atoms with Crippen LogP contribution in [0, 0.1) is 13.8 Å². The van der Waals surface area contributed by atoms with Crippen LogP contribution >= 0.6 is 0 Å². The van der Waals surface area contributed by atoms with Gasteiger partial charge in [-0.3, -0.25) is 19.9 Å². The second-order valence-electron chi connectivity index (χ2n) is 4.00. The van der Waals surface area contributed by atoms with E-state index in [0.29, 0.717) is 5.82 Å². The summed E-state index contributed by atoms with van der Waals surface area (Å²) in [7, 11) is -5.17. The quantitative estimate of drug-likeness (QED) is 0.440. The van der Waals surface area contributed by atoms with Crippen molar-refractivity contribution >= 4 is 22.0 Å². The fraction of sp³-hybridized carbons (Fsp3) is 0.167. The maximum atomic E-state index is 8.52. The molecule has 0 aliphatic carbocycles. The highest BCUT2D eigenvalue weighted by atomic mass is 32.3. The van der Waals surface area contributed by atoms with Gasteiger partial charge in [-0.15, -0.1) is 0 Å². The Morgan fingerprint density at radius 1 is 1.05 bits per heavy atom. The van der Waals surface area contributed by atoms with E-state index in [9.17, 15) is 0 Å². The van der Waals surface area contributed by atoms with E-state index in [0.717, 1.165) is 11.4 Å². The van der Waals surface area contributed by atoms with Crippen LogP contribution in [0.25, 0.3) is 0 Å². The van der Waals surface area contributed by atoms with Gasteiger partial charge < -0.3 is 14.6 Å². The third-order valence-corrected chi connectivity index (χ3v) is 2.10. The van der Waals surface area contributed by atoms with E-state index in [-0.39, 0.29) is 5.48 Å². The van der Waals surface area contributed by atoms with Gasteiger partial charge in [0.1, 0.15) is 0 Å². The molecule has 0 radical (unpaired) electrons. The van der Waals surface area contributed by atoms with Gasteiger partial charge in [0, 0.05) is 22.0 Å². The van der Waals surface area contributed by atoms with Crippen LogP contribution in [-0.4, -0.2) is 23.0 Å². The lowest BCUT2D eigenvalue weighted by atomic mass is 10.3. The van der Waals surface area contributed by atoms with E-state index in [1.807, 2.05) is 50.5 Å². The number of aromatic nitrogens is 2. The summed E-state index contributed by atoms with van der Waals surface area (Å²) in [6.45, 7) is 3.97. The number of hydrogen-bond donors (Lipinski definition) is 2. The molecule has 2 heterocycles. The zero-order valence-electron chi connectivity index (χ0n) is 12.2. The van der Waals surface area contributed by atoms with Crippen molar-refractivity contribution in [2.45, 2.75) is 13.8 Å². The zero-order chi connectivity index (χ0) is 16.5. The third kappa shape index (κ3) is 14.1. The van der Waals surface area contributed by atoms with Crippen molar-refractivity contribution in [3.63, 3.8) is 0 Å². The van der Waals surface area contributed by atoms with Crippen molar-refractivity contribution in [1.29, 1.82) is 0 Å². The van der Waals surface area contributed by atoms with Crippen molar-refractivity contribution < 1.29 is 33.0 Å². The van der Waals surface area contributed by atoms with Crippen LogP contribution in [0.1, 0.15) is 11.1 Å². The van der Waals surface area contributed by atoms with Crippen LogP contribution in [0.3, 0.4) is 0 Å². The molecule has 0 aliphatic rings. The average Bonchev–Trinajstić information content (AvgIpc) is 2.35. The summed E-state index contributed by atoms with van der Waals surface area (Å²) in [5, 5.41) is 0. The minimum Gasteiger partial charge on any atom is -0.759 e. The fourth-order valence-electron chi connectivity index (χ4n) is 1.05. The van der Waals surface area contributed by atoms with Crippen molar-refractivity contribution in [2.75, 3.05) is 11.5 Å². The highest BCUT2D eigenvalue weighted by Crippen LogP contribution is 1.97. The largest absolute Gasteiger partial charge is 0.759 e. The Kier molecular flexibility index (Phi) is 10.5. The highest BCUT2D eigenvalue weighted by molar-refractivity contribution is 7.79. The Bertz CT molecular complexity index is 597. The predicted molar refractivity (Wildman–Crippen MR) is 78.4 cm³/mol. The van der Waals surface area contributed by atoms with E-state index in [4.69, 9.17) is 29.0 Å². The Morgan fingerprint density at radius 2 is 1.59 bits per heavy atom. The summed E-state index contributed by atoms with van der Waals surface area (Å²) in [6.07, 6.45) is 3.68. The maximum absolute atomic E-state index is 8.52. The molecule has 124 valence electrons. The monoisotopic (exact) mass is 332 g/mol. The first kappa shape index (κ1) is 22.0.